The smallest absolute Gasteiger partial charge is 0.149 e. The monoisotopic (exact) mass is 449 g/mol. The number of para-hydroxylation sites is 1. The molecule has 2 unspecified atom stereocenters. The first-order valence-corrected chi connectivity index (χ1v) is 13.6. The summed E-state index contributed by atoms with van der Waals surface area (Å²) in [6, 6.07) is 9.44. The number of phenolic OH excluding ortho intramolecular Hbond substituents is 1. The minimum atomic E-state index is 0.242. The third kappa shape index (κ3) is 6.71. The van der Waals surface area contributed by atoms with E-state index in [1.165, 1.54) is 103 Å². The van der Waals surface area contributed by atoms with Crippen LogP contribution in [0.2, 0.25) is 0 Å². The topological polar surface area (TPSA) is 72.0 Å². The van der Waals surface area contributed by atoms with Crippen molar-refractivity contribution < 1.29 is 5.11 Å². The van der Waals surface area contributed by atoms with Crippen LogP contribution in [0.25, 0.3) is 11.3 Å². The predicted molar refractivity (Wildman–Crippen MR) is 137 cm³/mol. The van der Waals surface area contributed by atoms with Gasteiger partial charge in [-0.2, -0.15) is 0 Å². The lowest BCUT2D eigenvalue weighted by molar-refractivity contribution is 0.235. The summed E-state index contributed by atoms with van der Waals surface area (Å²) in [4.78, 5) is 0. The van der Waals surface area contributed by atoms with Gasteiger partial charge in [0.05, 0.1) is 5.69 Å². The SMILES string of the molecule is Nc1nnc(-c2ccccc2O)cc1C1CCCCCC(C2CCCCCCCC2)CCC1. The summed E-state index contributed by atoms with van der Waals surface area (Å²) in [6.45, 7) is 0. The minimum Gasteiger partial charge on any atom is -0.507 e. The van der Waals surface area contributed by atoms with Crippen molar-refractivity contribution in [1.29, 1.82) is 0 Å². The number of anilines is 1. The lowest BCUT2D eigenvalue weighted by Crippen LogP contribution is -2.17. The summed E-state index contributed by atoms with van der Waals surface area (Å²) >= 11 is 0. The zero-order valence-electron chi connectivity index (χ0n) is 20.4. The van der Waals surface area contributed by atoms with Gasteiger partial charge in [0.2, 0.25) is 0 Å². The van der Waals surface area contributed by atoms with Crippen molar-refractivity contribution in [2.75, 3.05) is 5.73 Å². The highest BCUT2D eigenvalue weighted by Crippen LogP contribution is 2.39. The second-order valence-electron chi connectivity index (χ2n) is 10.6. The molecule has 1 heterocycles. The number of hydrogen-bond donors (Lipinski definition) is 2. The van der Waals surface area contributed by atoms with Crippen molar-refractivity contribution in [1.82, 2.24) is 10.2 Å². The quantitative estimate of drug-likeness (QED) is 0.497. The maximum Gasteiger partial charge on any atom is 0.149 e. The van der Waals surface area contributed by atoms with Crippen LogP contribution in [0.4, 0.5) is 5.82 Å². The Morgan fingerprint density at radius 3 is 1.91 bits per heavy atom. The van der Waals surface area contributed by atoms with Crippen LogP contribution in [0, 0.1) is 11.8 Å². The molecule has 2 atom stereocenters. The Bertz CT molecular complexity index is 858. The van der Waals surface area contributed by atoms with Crippen LogP contribution < -0.4 is 5.73 Å². The van der Waals surface area contributed by atoms with Crippen LogP contribution in [0.5, 0.6) is 5.75 Å². The van der Waals surface area contributed by atoms with E-state index in [1.807, 2.05) is 18.2 Å². The number of rotatable bonds is 3. The molecule has 0 radical (unpaired) electrons. The number of nitrogens with zero attached hydrogens (tertiary/aromatic N) is 2. The van der Waals surface area contributed by atoms with Crippen LogP contribution in [-0.2, 0) is 0 Å². The van der Waals surface area contributed by atoms with Crippen LogP contribution in [-0.4, -0.2) is 15.3 Å². The van der Waals surface area contributed by atoms with E-state index in [0.717, 1.165) is 28.7 Å². The molecule has 0 spiro atoms. The molecule has 0 saturated heterocycles. The average molecular weight is 450 g/mol. The Morgan fingerprint density at radius 2 is 1.21 bits per heavy atom. The van der Waals surface area contributed by atoms with E-state index in [2.05, 4.69) is 16.3 Å². The van der Waals surface area contributed by atoms with Gasteiger partial charge in [0.15, 0.2) is 0 Å². The number of phenols is 1. The normalized spacial score (nSPS) is 24.4. The van der Waals surface area contributed by atoms with Gasteiger partial charge in [0.25, 0.3) is 0 Å². The summed E-state index contributed by atoms with van der Waals surface area (Å²) in [7, 11) is 0. The zero-order chi connectivity index (χ0) is 22.9. The van der Waals surface area contributed by atoms with Crippen molar-refractivity contribution in [2.45, 2.75) is 109 Å². The van der Waals surface area contributed by atoms with Gasteiger partial charge in [-0.25, -0.2) is 0 Å². The van der Waals surface area contributed by atoms with Gasteiger partial charge in [0.1, 0.15) is 11.6 Å². The van der Waals surface area contributed by atoms with Crippen molar-refractivity contribution in [3.05, 3.63) is 35.9 Å². The first kappa shape index (κ1) is 24.0. The summed E-state index contributed by atoms with van der Waals surface area (Å²) in [5.74, 6) is 3.09. The number of nitrogen functional groups attached to an aromatic ring is 1. The van der Waals surface area contributed by atoms with E-state index in [-0.39, 0.29) is 5.75 Å². The Morgan fingerprint density at radius 1 is 0.667 bits per heavy atom. The number of hydrogen-bond acceptors (Lipinski definition) is 4. The van der Waals surface area contributed by atoms with Gasteiger partial charge < -0.3 is 10.8 Å². The van der Waals surface area contributed by atoms with Crippen molar-refractivity contribution in [3.8, 4) is 17.0 Å². The second kappa shape index (κ2) is 12.4. The summed E-state index contributed by atoms with van der Waals surface area (Å²) in [5.41, 5.74) is 8.93. The molecular formula is C29H43N3O. The van der Waals surface area contributed by atoms with Gasteiger partial charge in [-0.1, -0.05) is 102 Å². The van der Waals surface area contributed by atoms with E-state index in [9.17, 15) is 5.11 Å². The Hall–Kier alpha value is -2.10. The average Bonchev–Trinajstić information content (AvgIpc) is 2.97. The second-order valence-corrected chi connectivity index (χ2v) is 10.6. The molecule has 2 aliphatic carbocycles. The maximum absolute atomic E-state index is 10.3. The molecule has 2 fully saturated rings. The third-order valence-corrected chi connectivity index (χ3v) is 8.29. The molecule has 4 nitrogen and oxygen atoms in total. The Labute approximate surface area is 200 Å². The Balaban J connectivity index is 1.46. The molecule has 0 bridgehead atoms. The molecule has 3 N–H and O–H groups in total. The molecule has 33 heavy (non-hydrogen) atoms. The van der Waals surface area contributed by atoms with E-state index in [0.29, 0.717) is 11.7 Å². The standard InChI is InChI=1S/C29H43N3O/c30-29-26(21-27(31-32-29)25-19-10-11-20-28(25)33)24-16-9-5-8-15-23(17-12-18-24)22-13-6-3-1-2-4-7-14-22/h10-11,19-24,33H,1-9,12-18H2,(H2,30,32). The number of aromatic hydroxyl groups is 1. The molecule has 1 aromatic carbocycles. The van der Waals surface area contributed by atoms with Gasteiger partial charge >= 0.3 is 0 Å². The fourth-order valence-electron chi connectivity index (χ4n) is 6.37. The summed E-state index contributed by atoms with van der Waals surface area (Å²) < 4.78 is 0. The van der Waals surface area contributed by atoms with E-state index >= 15 is 0 Å². The van der Waals surface area contributed by atoms with Crippen molar-refractivity contribution in [2.24, 2.45) is 11.8 Å². The van der Waals surface area contributed by atoms with Gasteiger partial charge in [-0.05, 0) is 48.8 Å². The van der Waals surface area contributed by atoms with Crippen LogP contribution >= 0.6 is 0 Å². The lowest BCUT2D eigenvalue weighted by atomic mass is 9.76. The molecule has 1 aromatic heterocycles. The van der Waals surface area contributed by atoms with E-state index in [1.54, 1.807) is 6.07 Å². The lowest BCUT2D eigenvalue weighted by Gasteiger charge is -2.29. The molecule has 0 aliphatic heterocycles. The highest BCUT2D eigenvalue weighted by atomic mass is 16.3. The first-order valence-electron chi connectivity index (χ1n) is 13.6. The van der Waals surface area contributed by atoms with E-state index in [4.69, 9.17) is 5.73 Å². The molecule has 2 saturated carbocycles. The fourth-order valence-corrected chi connectivity index (χ4v) is 6.37. The van der Waals surface area contributed by atoms with Gasteiger partial charge in [-0.15, -0.1) is 10.2 Å². The largest absolute Gasteiger partial charge is 0.507 e. The Kier molecular flexibility index (Phi) is 9.02. The zero-order valence-corrected chi connectivity index (χ0v) is 20.4. The molecular weight excluding hydrogens is 406 g/mol. The minimum absolute atomic E-state index is 0.242. The van der Waals surface area contributed by atoms with Gasteiger partial charge in [0, 0.05) is 11.1 Å². The number of benzene rings is 1. The number of aromatic nitrogens is 2. The fraction of sp³-hybridized carbons (Fsp3) is 0.655. The first-order chi connectivity index (χ1) is 16.2. The van der Waals surface area contributed by atoms with Crippen LogP contribution in [0.1, 0.15) is 114 Å². The van der Waals surface area contributed by atoms with Crippen LogP contribution in [0.15, 0.2) is 30.3 Å². The van der Waals surface area contributed by atoms with Gasteiger partial charge in [-0.3, -0.25) is 0 Å². The maximum atomic E-state index is 10.3. The molecule has 4 rings (SSSR count). The van der Waals surface area contributed by atoms with E-state index < -0.39 is 0 Å². The highest BCUT2D eigenvalue weighted by Gasteiger charge is 2.24. The molecule has 0 amide bonds. The molecule has 180 valence electrons. The summed E-state index contributed by atoms with van der Waals surface area (Å²) in [5, 5.41) is 18.9. The molecule has 2 aromatic rings. The summed E-state index contributed by atoms with van der Waals surface area (Å²) in [6.07, 6.45) is 22.0. The van der Waals surface area contributed by atoms with Crippen LogP contribution in [0.3, 0.4) is 0 Å². The number of nitrogens with two attached hydrogens (primary N) is 1. The van der Waals surface area contributed by atoms with Crippen molar-refractivity contribution >= 4 is 5.82 Å². The predicted octanol–water partition coefficient (Wildman–Crippen LogP) is 8.02. The highest BCUT2D eigenvalue weighted by molar-refractivity contribution is 5.67. The molecule has 4 heteroatoms. The molecule has 2 aliphatic rings. The third-order valence-electron chi connectivity index (χ3n) is 8.29. The van der Waals surface area contributed by atoms with Crippen molar-refractivity contribution in [3.63, 3.8) is 0 Å².